The van der Waals surface area contributed by atoms with Gasteiger partial charge in [-0.1, -0.05) is 48.4 Å². The fourth-order valence-electron chi connectivity index (χ4n) is 3.51. The van der Waals surface area contributed by atoms with Crippen LogP contribution in [0.3, 0.4) is 0 Å². The molecule has 3 aromatic rings. The summed E-state index contributed by atoms with van der Waals surface area (Å²) in [6.45, 7) is 4.33. The van der Waals surface area contributed by atoms with Gasteiger partial charge >= 0.3 is 0 Å². The van der Waals surface area contributed by atoms with E-state index < -0.39 is 0 Å². The zero-order chi connectivity index (χ0) is 17.8. The highest BCUT2D eigenvalue weighted by Gasteiger charge is 2.13. The Labute approximate surface area is 159 Å². The highest BCUT2D eigenvalue weighted by Crippen LogP contribution is 2.23. The molecule has 1 saturated heterocycles. The predicted octanol–water partition coefficient (Wildman–Crippen LogP) is 4.93. The maximum absolute atomic E-state index is 6.25. The van der Waals surface area contributed by atoms with Crippen molar-refractivity contribution >= 4 is 34.8 Å². The second-order valence-corrected chi connectivity index (χ2v) is 7.14. The SMILES string of the molecule is Clc1ccccc1/C=N/c1nc2ccccc2n1CCN1CCCCC1. The van der Waals surface area contributed by atoms with Gasteiger partial charge in [0.25, 0.3) is 0 Å². The van der Waals surface area contributed by atoms with Crippen LogP contribution in [0.2, 0.25) is 5.02 Å². The highest BCUT2D eigenvalue weighted by atomic mass is 35.5. The number of nitrogens with zero attached hydrogens (tertiary/aromatic N) is 4. The van der Waals surface area contributed by atoms with Gasteiger partial charge in [-0.05, 0) is 44.1 Å². The normalized spacial score (nSPS) is 15.9. The third-order valence-electron chi connectivity index (χ3n) is 4.95. The van der Waals surface area contributed by atoms with E-state index in [4.69, 9.17) is 16.6 Å². The van der Waals surface area contributed by atoms with Crippen LogP contribution in [0, 0.1) is 0 Å². The number of aromatic nitrogens is 2. The maximum atomic E-state index is 6.25. The molecule has 0 unspecified atom stereocenters. The Balaban J connectivity index is 1.62. The van der Waals surface area contributed by atoms with Crippen LogP contribution in [0.1, 0.15) is 24.8 Å². The summed E-state index contributed by atoms with van der Waals surface area (Å²) in [5.74, 6) is 0.739. The van der Waals surface area contributed by atoms with Crippen LogP contribution in [-0.2, 0) is 6.54 Å². The minimum atomic E-state index is 0.701. The molecule has 0 spiro atoms. The lowest BCUT2D eigenvalue weighted by Gasteiger charge is -2.26. The minimum Gasteiger partial charge on any atom is -0.307 e. The second-order valence-electron chi connectivity index (χ2n) is 6.73. The van der Waals surface area contributed by atoms with Gasteiger partial charge in [0, 0.05) is 29.9 Å². The van der Waals surface area contributed by atoms with E-state index in [1.165, 1.54) is 32.4 Å². The number of rotatable bonds is 5. The van der Waals surface area contributed by atoms with Gasteiger partial charge in [0.05, 0.1) is 11.0 Å². The zero-order valence-corrected chi connectivity index (χ0v) is 15.6. The summed E-state index contributed by atoms with van der Waals surface area (Å²) in [5, 5.41) is 0.701. The Morgan fingerprint density at radius 3 is 2.58 bits per heavy atom. The average Bonchev–Trinajstić information content (AvgIpc) is 3.04. The van der Waals surface area contributed by atoms with Gasteiger partial charge in [-0.25, -0.2) is 9.98 Å². The fraction of sp³-hybridized carbons (Fsp3) is 0.333. The first-order chi connectivity index (χ1) is 12.8. The summed E-state index contributed by atoms with van der Waals surface area (Å²) in [6.07, 6.45) is 5.78. The average molecular weight is 367 g/mol. The number of hydrogen-bond donors (Lipinski definition) is 0. The van der Waals surface area contributed by atoms with Crippen molar-refractivity contribution in [3.63, 3.8) is 0 Å². The summed E-state index contributed by atoms with van der Waals surface area (Å²) in [7, 11) is 0. The molecule has 1 aromatic heterocycles. The maximum Gasteiger partial charge on any atom is 0.230 e. The van der Waals surface area contributed by atoms with Crippen molar-refractivity contribution in [3.8, 4) is 0 Å². The summed E-state index contributed by atoms with van der Waals surface area (Å²) in [5.41, 5.74) is 3.03. The van der Waals surface area contributed by atoms with Crippen molar-refractivity contribution in [2.24, 2.45) is 4.99 Å². The molecule has 2 aromatic carbocycles. The molecule has 1 aliphatic rings. The van der Waals surface area contributed by atoms with Crippen LogP contribution in [0.4, 0.5) is 5.95 Å². The Bertz CT molecular complexity index is 909. The van der Waals surface area contributed by atoms with E-state index >= 15 is 0 Å². The molecule has 5 heteroatoms. The second kappa shape index (κ2) is 8.02. The summed E-state index contributed by atoms with van der Waals surface area (Å²) in [4.78, 5) is 11.9. The third kappa shape index (κ3) is 3.81. The van der Waals surface area contributed by atoms with E-state index in [9.17, 15) is 0 Å². The van der Waals surface area contributed by atoms with E-state index in [0.717, 1.165) is 35.6 Å². The van der Waals surface area contributed by atoms with Gasteiger partial charge in [-0.2, -0.15) is 0 Å². The lowest BCUT2D eigenvalue weighted by atomic mass is 10.1. The Kier molecular flexibility index (Phi) is 5.32. The summed E-state index contributed by atoms with van der Waals surface area (Å²) < 4.78 is 2.22. The molecule has 4 nitrogen and oxygen atoms in total. The van der Waals surface area contributed by atoms with Crippen molar-refractivity contribution in [3.05, 3.63) is 59.1 Å². The lowest BCUT2D eigenvalue weighted by molar-refractivity contribution is 0.222. The smallest absolute Gasteiger partial charge is 0.230 e. The molecule has 134 valence electrons. The van der Waals surface area contributed by atoms with Gasteiger partial charge < -0.3 is 9.47 Å². The number of halogens is 1. The number of aliphatic imine (C=N–C) groups is 1. The number of fused-ring (bicyclic) bond motifs is 1. The van der Waals surface area contributed by atoms with Crippen molar-refractivity contribution in [2.45, 2.75) is 25.8 Å². The summed E-state index contributed by atoms with van der Waals surface area (Å²) >= 11 is 6.25. The monoisotopic (exact) mass is 366 g/mol. The van der Waals surface area contributed by atoms with E-state index in [1.54, 1.807) is 6.21 Å². The largest absolute Gasteiger partial charge is 0.307 e. The molecular formula is C21H23ClN4. The van der Waals surface area contributed by atoms with E-state index in [0.29, 0.717) is 5.02 Å². The number of imidazole rings is 1. The summed E-state index contributed by atoms with van der Waals surface area (Å²) in [6, 6.07) is 16.0. The van der Waals surface area contributed by atoms with Crippen LogP contribution in [-0.4, -0.2) is 40.3 Å². The molecule has 1 fully saturated rings. The fourth-order valence-corrected chi connectivity index (χ4v) is 3.70. The first-order valence-electron chi connectivity index (χ1n) is 9.27. The minimum absolute atomic E-state index is 0.701. The molecule has 1 aliphatic heterocycles. The van der Waals surface area contributed by atoms with Gasteiger partial charge in [0.15, 0.2) is 0 Å². The van der Waals surface area contributed by atoms with E-state index in [2.05, 4.69) is 26.6 Å². The van der Waals surface area contributed by atoms with Crippen molar-refractivity contribution in [1.29, 1.82) is 0 Å². The number of hydrogen-bond acceptors (Lipinski definition) is 3. The molecule has 2 heterocycles. The van der Waals surface area contributed by atoms with Gasteiger partial charge in [0.2, 0.25) is 5.95 Å². The number of benzene rings is 2. The lowest BCUT2D eigenvalue weighted by Crippen LogP contribution is -2.32. The Morgan fingerprint density at radius 2 is 1.73 bits per heavy atom. The Morgan fingerprint density at radius 1 is 0.962 bits per heavy atom. The molecule has 0 bridgehead atoms. The molecular weight excluding hydrogens is 344 g/mol. The number of likely N-dealkylation sites (tertiary alicyclic amines) is 1. The third-order valence-corrected chi connectivity index (χ3v) is 5.29. The van der Waals surface area contributed by atoms with Gasteiger partial charge in [0.1, 0.15) is 0 Å². The van der Waals surface area contributed by atoms with E-state index in [-0.39, 0.29) is 0 Å². The molecule has 4 rings (SSSR count). The first-order valence-corrected chi connectivity index (χ1v) is 9.65. The van der Waals surface area contributed by atoms with Crippen molar-refractivity contribution in [2.75, 3.05) is 19.6 Å². The van der Waals surface area contributed by atoms with Crippen LogP contribution in [0.25, 0.3) is 11.0 Å². The van der Waals surface area contributed by atoms with Gasteiger partial charge in [-0.15, -0.1) is 0 Å². The van der Waals surface area contributed by atoms with Crippen molar-refractivity contribution in [1.82, 2.24) is 14.5 Å². The van der Waals surface area contributed by atoms with Crippen LogP contribution < -0.4 is 0 Å². The quantitative estimate of drug-likeness (QED) is 0.600. The van der Waals surface area contributed by atoms with Crippen LogP contribution >= 0.6 is 11.6 Å². The van der Waals surface area contributed by atoms with Gasteiger partial charge in [-0.3, -0.25) is 0 Å². The van der Waals surface area contributed by atoms with Crippen LogP contribution in [0.5, 0.6) is 0 Å². The van der Waals surface area contributed by atoms with Crippen LogP contribution in [0.15, 0.2) is 53.5 Å². The predicted molar refractivity (Wildman–Crippen MR) is 109 cm³/mol. The number of para-hydroxylation sites is 2. The molecule has 26 heavy (non-hydrogen) atoms. The number of piperidine rings is 1. The highest BCUT2D eigenvalue weighted by molar-refractivity contribution is 6.33. The molecule has 0 amide bonds. The van der Waals surface area contributed by atoms with E-state index in [1.807, 2.05) is 36.4 Å². The zero-order valence-electron chi connectivity index (χ0n) is 14.8. The van der Waals surface area contributed by atoms with Crippen molar-refractivity contribution < 1.29 is 0 Å². The first kappa shape index (κ1) is 17.3. The molecule has 0 saturated carbocycles. The molecule has 0 N–H and O–H groups in total. The molecule has 0 radical (unpaired) electrons. The Hall–Kier alpha value is -2.17. The molecule has 0 aliphatic carbocycles. The molecule has 0 atom stereocenters. The topological polar surface area (TPSA) is 33.4 Å². The standard InChI is InChI=1S/C21H23ClN4/c22-18-9-3-2-8-17(18)16-23-21-24-19-10-4-5-11-20(19)26(21)15-14-25-12-6-1-7-13-25/h2-5,8-11,16H,1,6-7,12-15H2/b23-16+.